The Bertz CT molecular complexity index is 714. The van der Waals surface area contributed by atoms with E-state index in [0.717, 1.165) is 16.7 Å². The third-order valence-corrected chi connectivity index (χ3v) is 4.31. The third-order valence-electron chi connectivity index (χ3n) is 4.31. The predicted octanol–water partition coefficient (Wildman–Crippen LogP) is 3.76. The summed E-state index contributed by atoms with van der Waals surface area (Å²) in [6, 6.07) is 23.3. The maximum atomic E-state index is 6.38. The van der Waals surface area contributed by atoms with Crippen LogP contribution in [0.4, 0.5) is 17.1 Å². The van der Waals surface area contributed by atoms with E-state index < -0.39 is 5.60 Å². The van der Waals surface area contributed by atoms with Crippen LogP contribution in [0.3, 0.4) is 0 Å². The molecule has 0 spiro atoms. The number of nitrogen functional groups attached to an aromatic ring is 3. The molecule has 0 amide bonds. The SMILES string of the molecule is CCOC(c1ccc(N)cc1)(c1ccc(N)cc1)c1ccc(N)cc1. The van der Waals surface area contributed by atoms with Crippen molar-refractivity contribution in [3.63, 3.8) is 0 Å². The lowest BCUT2D eigenvalue weighted by molar-refractivity contribution is 0.0216. The molecule has 0 atom stereocenters. The summed E-state index contributed by atoms with van der Waals surface area (Å²) in [5.41, 5.74) is 22.0. The van der Waals surface area contributed by atoms with Gasteiger partial charge in [-0.25, -0.2) is 0 Å². The molecule has 0 saturated heterocycles. The van der Waals surface area contributed by atoms with Crippen molar-refractivity contribution in [3.8, 4) is 0 Å². The highest BCUT2D eigenvalue weighted by Gasteiger charge is 2.37. The van der Waals surface area contributed by atoms with Crippen molar-refractivity contribution >= 4 is 17.1 Å². The first-order valence-corrected chi connectivity index (χ1v) is 8.28. The summed E-state index contributed by atoms with van der Waals surface area (Å²) in [6.07, 6.45) is 0. The number of ether oxygens (including phenoxy) is 1. The first-order valence-electron chi connectivity index (χ1n) is 8.28. The van der Waals surface area contributed by atoms with Crippen molar-refractivity contribution in [1.29, 1.82) is 0 Å². The Morgan fingerprint density at radius 1 is 0.600 bits per heavy atom. The zero-order chi connectivity index (χ0) is 17.9. The van der Waals surface area contributed by atoms with Gasteiger partial charge in [-0.1, -0.05) is 36.4 Å². The van der Waals surface area contributed by atoms with E-state index in [1.54, 1.807) is 0 Å². The Labute approximate surface area is 148 Å². The molecule has 0 bridgehead atoms. The molecule has 25 heavy (non-hydrogen) atoms. The zero-order valence-electron chi connectivity index (χ0n) is 14.3. The van der Waals surface area contributed by atoms with Gasteiger partial charge < -0.3 is 21.9 Å². The van der Waals surface area contributed by atoms with Crippen molar-refractivity contribution in [2.75, 3.05) is 23.8 Å². The van der Waals surface area contributed by atoms with Gasteiger partial charge in [0.15, 0.2) is 0 Å². The van der Waals surface area contributed by atoms with Gasteiger partial charge in [0.25, 0.3) is 0 Å². The molecule has 0 fully saturated rings. The number of rotatable bonds is 5. The van der Waals surface area contributed by atoms with Crippen LogP contribution in [0, 0.1) is 0 Å². The van der Waals surface area contributed by atoms with Gasteiger partial charge in [0, 0.05) is 23.7 Å². The first kappa shape index (κ1) is 16.9. The van der Waals surface area contributed by atoms with Gasteiger partial charge in [0.1, 0.15) is 5.60 Å². The number of nitrogens with two attached hydrogens (primary N) is 3. The highest BCUT2D eigenvalue weighted by atomic mass is 16.5. The minimum absolute atomic E-state index is 0.541. The van der Waals surface area contributed by atoms with Crippen LogP contribution < -0.4 is 17.2 Å². The second-order valence-corrected chi connectivity index (χ2v) is 5.98. The molecular formula is C21H23N3O. The van der Waals surface area contributed by atoms with Gasteiger partial charge in [-0.15, -0.1) is 0 Å². The van der Waals surface area contributed by atoms with Crippen LogP contribution in [0.5, 0.6) is 0 Å². The maximum absolute atomic E-state index is 6.38. The van der Waals surface area contributed by atoms with Gasteiger partial charge in [-0.2, -0.15) is 0 Å². The Morgan fingerprint density at radius 3 is 1.12 bits per heavy atom. The molecule has 0 aromatic heterocycles. The molecule has 3 aromatic rings. The molecule has 0 aliphatic carbocycles. The fourth-order valence-electron chi connectivity index (χ4n) is 3.12. The highest BCUT2D eigenvalue weighted by Crippen LogP contribution is 2.41. The van der Waals surface area contributed by atoms with Crippen molar-refractivity contribution < 1.29 is 4.74 Å². The van der Waals surface area contributed by atoms with Gasteiger partial charge >= 0.3 is 0 Å². The lowest BCUT2D eigenvalue weighted by Crippen LogP contribution is -2.33. The smallest absolute Gasteiger partial charge is 0.143 e. The van der Waals surface area contributed by atoms with Crippen molar-refractivity contribution in [2.24, 2.45) is 0 Å². The molecule has 128 valence electrons. The summed E-state index contributed by atoms with van der Waals surface area (Å²) in [6.45, 7) is 2.53. The lowest BCUT2D eigenvalue weighted by Gasteiger charge is -2.35. The fraction of sp³-hybridized carbons (Fsp3) is 0.143. The number of benzene rings is 3. The van der Waals surface area contributed by atoms with E-state index in [4.69, 9.17) is 21.9 Å². The van der Waals surface area contributed by atoms with Crippen molar-refractivity contribution in [3.05, 3.63) is 89.5 Å². The molecule has 4 nitrogen and oxygen atoms in total. The fourth-order valence-corrected chi connectivity index (χ4v) is 3.12. The van der Waals surface area contributed by atoms with Crippen LogP contribution in [0.2, 0.25) is 0 Å². The van der Waals surface area contributed by atoms with Gasteiger partial charge in [0.2, 0.25) is 0 Å². The Kier molecular flexibility index (Phi) is 4.63. The second-order valence-electron chi connectivity index (χ2n) is 5.98. The minimum atomic E-state index is -0.760. The summed E-state index contributed by atoms with van der Waals surface area (Å²) in [5, 5.41) is 0. The van der Waals surface area contributed by atoms with Crippen molar-refractivity contribution in [2.45, 2.75) is 12.5 Å². The third kappa shape index (κ3) is 3.16. The Balaban J connectivity index is 2.28. The van der Waals surface area contributed by atoms with Gasteiger partial charge in [0.05, 0.1) is 0 Å². The second kappa shape index (κ2) is 6.87. The van der Waals surface area contributed by atoms with Crippen LogP contribution in [-0.4, -0.2) is 6.61 Å². The van der Waals surface area contributed by atoms with Crippen molar-refractivity contribution in [1.82, 2.24) is 0 Å². The van der Waals surface area contributed by atoms with Crippen LogP contribution in [-0.2, 0) is 10.3 Å². The molecule has 6 N–H and O–H groups in total. The number of hydrogen-bond acceptors (Lipinski definition) is 4. The predicted molar refractivity (Wildman–Crippen MR) is 104 cm³/mol. The normalized spacial score (nSPS) is 11.4. The summed E-state index contributed by atoms with van der Waals surface area (Å²) in [5.74, 6) is 0. The van der Waals surface area contributed by atoms with Gasteiger partial charge in [-0.3, -0.25) is 0 Å². The summed E-state index contributed by atoms with van der Waals surface area (Å²) in [7, 11) is 0. The van der Waals surface area contributed by atoms with Crippen LogP contribution in [0.15, 0.2) is 72.8 Å². The maximum Gasteiger partial charge on any atom is 0.143 e. The quantitative estimate of drug-likeness (QED) is 0.490. The average Bonchev–Trinajstić information content (AvgIpc) is 2.62. The molecule has 0 aliphatic heterocycles. The van der Waals surface area contributed by atoms with Gasteiger partial charge in [-0.05, 0) is 60.0 Å². The van der Waals surface area contributed by atoms with E-state index in [-0.39, 0.29) is 0 Å². The van der Waals surface area contributed by atoms with E-state index in [0.29, 0.717) is 23.7 Å². The topological polar surface area (TPSA) is 87.3 Å². The molecule has 4 heteroatoms. The van der Waals surface area contributed by atoms with Crippen LogP contribution in [0.1, 0.15) is 23.6 Å². The molecule has 0 saturated carbocycles. The molecule has 0 heterocycles. The van der Waals surface area contributed by atoms with E-state index >= 15 is 0 Å². The molecule has 0 unspecified atom stereocenters. The van der Waals surface area contributed by atoms with E-state index in [2.05, 4.69) is 0 Å². The monoisotopic (exact) mass is 333 g/mol. The number of anilines is 3. The summed E-state index contributed by atoms with van der Waals surface area (Å²) >= 11 is 0. The molecule has 3 aromatic carbocycles. The molecule has 0 aliphatic rings. The molecular weight excluding hydrogens is 310 g/mol. The Morgan fingerprint density at radius 2 is 0.880 bits per heavy atom. The van der Waals surface area contributed by atoms with E-state index in [1.165, 1.54) is 0 Å². The zero-order valence-corrected chi connectivity index (χ0v) is 14.3. The molecule has 0 radical (unpaired) electrons. The van der Waals surface area contributed by atoms with E-state index in [9.17, 15) is 0 Å². The standard InChI is InChI=1S/C21H23N3O/c1-2-25-21(15-3-9-18(22)10-4-15,16-5-11-19(23)12-6-16)17-7-13-20(24)14-8-17/h3-14H,2,22-24H2,1H3. The summed E-state index contributed by atoms with van der Waals surface area (Å²) in [4.78, 5) is 0. The van der Waals surface area contributed by atoms with Crippen LogP contribution in [0.25, 0.3) is 0 Å². The largest absolute Gasteiger partial charge is 0.399 e. The van der Waals surface area contributed by atoms with Crippen LogP contribution >= 0.6 is 0 Å². The summed E-state index contributed by atoms with van der Waals surface area (Å²) < 4.78 is 6.38. The molecule has 3 rings (SSSR count). The first-order chi connectivity index (χ1) is 12.1. The lowest BCUT2D eigenvalue weighted by atomic mass is 9.80. The highest BCUT2D eigenvalue weighted by molar-refractivity contribution is 5.54. The Hall–Kier alpha value is -2.98. The average molecular weight is 333 g/mol. The number of hydrogen-bond donors (Lipinski definition) is 3. The van der Waals surface area contributed by atoms with E-state index in [1.807, 2.05) is 79.7 Å². The minimum Gasteiger partial charge on any atom is -0.399 e.